The molecule has 17 heavy (non-hydrogen) atoms. The summed E-state index contributed by atoms with van der Waals surface area (Å²) in [6, 6.07) is 1.96. The molecule has 1 aromatic rings. The smallest absolute Gasteiger partial charge is 0.304 e. The average Bonchev–Trinajstić information content (AvgIpc) is 2.22. The van der Waals surface area contributed by atoms with Crippen molar-refractivity contribution in [1.29, 1.82) is 0 Å². The van der Waals surface area contributed by atoms with Crippen LogP contribution in [0.15, 0.2) is 12.1 Å². The number of alkyl halides is 2. The van der Waals surface area contributed by atoms with Gasteiger partial charge in [-0.2, -0.15) is 0 Å². The van der Waals surface area contributed by atoms with Crippen LogP contribution in [-0.4, -0.2) is 17.5 Å². The first-order valence-electron chi connectivity index (χ1n) is 4.79. The highest BCUT2D eigenvalue weighted by molar-refractivity contribution is 5.68. The number of hydrogen-bond acceptors (Lipinski definition) is 1. The van der Waals surface area contributed by atoms with E-state index in [0.29, 0.717) is 0 Å². The van der Waals surface area contributed by atoms with E-state index in [1.54, 1.807) is 0 Å². The third kappa shape index (κ3) is 2.95. The Morgan fingerprint density at radius 1 is 1.35 bits per heavy atom. The van der Waals surface area contributed by atoms with Crippen LogP contribution in [0.2, 0.25) is 0 Å². The Kier molecular flexibility index (Phi) is 4.09. The molecule has 1 N–H and O–H groups in total. The van der Waals surface area contributed by atoms with Crippen molar-refractivity contribution in [1.82, 2.24) is 0 Å². The number of rotatable bonds is 4. The summed E-state index contributed by atoms with van der Waals surface area (Å²) in [7, 11) is 0. The molecule has 94 valence electrons. The molecule has 0 fully saturated rings. The number of halogens is 4. The van der Waals surface area contributed by atoms with Crippen molar-refractivity contribution in [3.05, 3.63) is 34.9 Å². The molecular formula is C11H10F4O2. The van der Waals surface area contributed by atoms with E-state index in [2.05, 4.69) is 0 Å². The zero-order valence-electron chi connectivity index (χ0n) is 8.88. The van der Waals surface area contributed by atoms with E-state index in [9.17, 15) is 22.4 Å². The molecule has 6 heteroatoms. The van der Waals surface area contributed by atoms with Gasteiger partial charge in [-0.1, -0.05) is 6.07 Å². The number of aryl methyl sites for hydroxylation is 1. The van der Waals surface area contributed by atoms with Gasteiger partial charge in [0.1, 0.15) is 11.6 Å². The van der Waals surface area contributed by atoms with E-state index >= 15 is 0 Å². The molecule has 1 aromatic carbocycles. The highest BCUT2D eigenvalue weighted by Gasteiger charge is 2.31. The molecule has 0 amide bonds. The summed E-state index contributed by atoms with van der Waals surface area (Å²) in [6.45, 7) is 1.29. The Morgan fingerprint density at radius 2 is 1.94 bits per heavy atom. The van der Waals surface area contributed by atoms with Gasteiger partial charge in [0.15, 0.2) is 0 Å². The Bertz CT molecular complexity index is 432. The number of carboxylic acids is 1. The van der Waals surface area contributed by atoms with E-state index in [1.807, 2.05) is 0 Å². The summed E-state index contributed by atoms with van der Waals surface area (Å²) in [5.41, 5.74) is -0.861. The number of aliphatic carboxylic acids is 1. The first-order chi connectivity index (χ1) is 7.84. The second-order valence-electron chi connectivity index (χ2n) is 3.63. The lowest BCUT2D eigenvalue weighted by Crippen LogP contribution is -2.17. The van der Waals surface area contributed by atoms with Crippen LogP contribution < -0.4 is 0 Å². The highest BCUT2D eigenvalue weighted by Crippen LogP contribution is 2.32. The highest BCUT2D eigenvalue weighted by atomic mass is 19.3. The van der Waals surface area contributed by atoms with Crippen LogP contribution in [0.5, 0.6) is 0 Å². The van der Waals surface area contributed by atoms with Crippen molar-refractivity contribution in [2.45, 2.75) is 25.7 Å². The third-order valence-corrected chi connectivity index (χ3v) is 2.39. The van der Waals surface area contributed by atoms with E-state index < -0.39 is 41.9 Å². The van der Waals surface area contributed by atoms with Crippen LogP contribution in [0.1, 0.15) is 23.5 Å². The lowest BCUT2D eigenvalue weighted by atomic mass is 9.93. The SMILES string of the molecule is Cc1ccc(F)c(C(CC(=O)O)C(F)F)c1F. The van der Waals surface area contributed by atoms with Crippen molar-refractivity contribution < 1.29 is 27.5 Å². The molecule has 0 radical (unpaired) electrons. The molecule has 0 heterocycles. The van der Waals surface area contributed by atoms with Gasteiger partial charge in [0.2, 0.25) is 6.43 Å². The lowest BCUT2D eigenvalue weighted by molar-refractivity contribution is -0.138. The van der Waals surface area contributed by atoms with Gasteiger partial charge in [-0.15, -0.1) is 0 Å². The fraction of sp³-hybridized carbons (Fsp3) is 0.364. The number of carboxylic acid groups (broad SMARTS) is 1. The quantitative estimate of drug-likeness (QED) is 0.834. The van der Waals surface area contributed by atoms with E-state index in [-0.39, 0.29) is 5.56 Å². The molecule has 0 aromatic heterocycles. The molecule has 0 saturated heterocycles. The molecule has 1 unspecified atom stereocenters. The van der Waals surface area contributed by atoms with Crippen molar-refractivity contribution in [2.75, 3.05) is 0 Å². The standard InChI is InChI=1S/C11H10F4O2/c1-5-2-3-7(12)9(10(5)13)6(11(14)15)4-8(16)17/h2-3,6,11H,4H2,1H3,(H,16,17). The van der Waals surface area contributed by atoms with Gasteiger partial charge in [0.25, 0.3) is 0 Å². The summed E-state index contributed by atoms with van der Waals surface area (Å²) < 4.78 is 52.2. The first kappa shape index (κ1) is 13.5. The normalized spacial score (nSPS) is 12.8. The van der Waals surface area contributed by atoms with Crippen LogP contribution in [0.4, 0.5) is 17.6 Å². The number of benzene rings is 1. The van der Waals surface area contributed by atoms with E-state index in [1.165, 1.54) is 6.92 Å². The molecule has 0 aliphatic heterocycles. The maximum absolute atomic E-state index is 13.6. The van der Waals surface area contributed by atoms with Gasteiger partial charge < -0.3 is 5.11 Å². The van der Waals surface area contributed by atoms with Crippen LogP contribution in [0.25, 0.3) is 0 Å². The largest absolute Gasteiger partial charge is 0.481 e. The van der Waals surface area contributed by atoms with Crippen molar-refractivity contribution in [3.8, 4) is 0 Å². The molecular weight excluding hydrogens is 240 g/mol. The second kappa shape index (κ2) is 5.16. The third-order valence-electron chi connectivity index (χ3n) is 2.39. The number of hydrogen-bond donors (Lipinski definition) is 1. The van der Waals surface area contributed by atoms with Crippen molar-refractivity contribution in [2.24, 2.45) is 0 Å². The molecule has 1 rings (SSSR count). The monoisotopic (exact) mass is 250 g/mol. The summed E-state index contributed by atoms with van der Waals surface area (Å²) in [6.07, 6.45) is -4.16. The fourth-order valence-corrected chi connectivity index (χ4v) is 1.52. The zero-order valence-corrected chi connectivity index (χ0v) is 8.88. The average molecular weight is 250 g/mol. The van der Waals surface area contributed by atoms with Crippen LogP contribution in [0.3, 0.4) is 0 Å². The van der Waals surface area contributed by atoms with Crippen LogP contribution in [-0.2, 0) is 4.79 Å². The maximum atomic E-state index is 13.6. The lowest BCUT2D eigenvalue weighted by Gasteiger charge is -2.16. The molecule has 0 saturated carbocycles. The first-order valence-corrected chi connectivity index (χ1v) is 4.79. The van der Waals surface area contributed by atoms with Gasteiger partial charge in [-0.05, 0) is 18.6 Å². The van der Waals surface area contributed by atoms with Crippen LogP contribution >= 0.6 is 0 Å². The predicted octanol–water partition coefficient (Wildman–Crippen LogP) is 3.10. The fourth-order valence-electron chi connectivity index (χ4n) is 1.52. The van der Waals surface area contributed by atoms with Gasteiger partial charge in [0, 0.05) is 5.56 Å². The van der Waals surface area contributed by atoms with E-state index in [0.717, 1.165) is 12.1 Å². The van der Waals surface area contributed by atoms with Crippen molar-refractivity contribution >= 4 is 5.97 Å². The molecule has 0 bridgehead atoms. The molecule has 0 aliphatic carbocycles. The van der Waals surface area contributed by atoms with Gasteiger partial charge >= 0.3 is 5.97 Å². The minimum Gasteiger partial charge on any atom is -0.481 e. The molecule has 2 nitrogen and oxygen atoms in total. The zero-order chi connectivity index (χ0) is 13.2. The van der Waals surface area contributed by atoms with E-state index in [4.69, 9.17) is 5.11 Å². The van der Waals surface area contributed by atoms with Crippen molar-refractivity contribution in [3.63, 3.8) is 0 Å². The summed E-state index contributed by atoms with van der Waals surface area (Å²) in [5.74, 6) is -5.78. The minimum absolute atomic E-state index is 0.00237. The Hall–Kier alpha value is -1.59. The van der Waals surface area contributed by atoms with Gasteiger partial charge in [-0.25, -0.2) is 17.6 Å². The minimum atomic E-state index is -3.14. The maximum Gasteiger partial charge on any atom is 0.304 e. The molecule has 0 spiro atoms. The summed E-state index contributed by atoms with van der Waals surface area (Å²) >= 11 is 0. The molecule has 0 aliphatic rings. The molecule has 1 atom stereocenters. The summed E-state index contributed by atoms with van der Waals surface area (Å²) in [5, 5.41) is 8.47. The topological polar surface area (TPSA) is 37.3 Å². The van der Waals surface area contributed by atoms with Gasteiger partial charge in [-0.3, -0.25) is 4.79 Å². The Balaban J connectivity index is 3.27. The second-order valence-corrected chi connectivity index (χ2v) is 3.63. The Labute approximate surface area is 94.9 Å². The van der Waals surface area contributed by atoms with Crippen LogP contribution in [0, 0.1) is 18.6 Å². The summed E-state index contributed by atoms with van der Waals surface area (Å²) in [4.78, 5) is 10.4. The predicted molar refractivity (Wildman–Crippen MR) is 52.1 cm³/mol. The Morgan fingerprint density at radius 3 is 2.41 bits per heavy atom. The van der Waals surface area contributed by atoms with Gasteiger partial charge in [0.05, 0.1) is 12.3 Å². The number of carbonyl (C=O) groups is 1.